The maximum absolute atomic E-state index is 11.1. The van der Waals surface area contributed by atoms with Gasteiger partial charge in [-0.2, -0.15) is 0 Å². The van der Waals surface area contributed by atoms with Crippen molar-refractivity contribution in [3.8, 4) is 0 Å². The number of azide groups is 1. The number of ether oxygens (including phenoxy) is 1. The van der Waals surface area contributed by atoms with Gasteiger partial charge < -0.3 is 15.2 Å². The Morgan fingerprint density at radius 2 is 2.50 bits per heavy atom. The number of hydrogen-bond donors (Lipinski definition) is 2. The van der Waals surface area contributed by atoms with Crippen LogP contribution in [0.15, 0.2) is 5.11 Å². The molecular formula is C7H14N4O3. The van der Waals surface area contributed by atoms with E-state index in [-0.39, 0.29) is 19.8 Å². The Labute approximate surface area is 81.7 Å². The summed E-state index contributed by atoms with van der Waals surface area (Å²) in [5.41, 5.74) is 7.97. The fraction of sp³-hybridized carbons (Fsp3) is 0.857. The maximum Gasteiger partial charge on any atom is 0.325 e. The van der Waals surface area contributed by atoms with Gasteiger partial charge in [-0.05, 0) is 12.5 Å². The van der Waals surface area contributed by atoms with Crippen molar-refractivity contribution in [2.45, 2.75) is 13.0 Å². The quantitative estimate of drug-likeness (QED) is 0.196. The van der Waals surface area contributed by atoms with Crippen molar-refractivity contribution in [3.63, 3.8) is 0 Å². The Kier molecular flexibility index (Phi) is 7.53. The molecule has 1 unspecified atom stereocenters. The molecule has 0 bridgehead atoms. The summed E-state index contributed by atoms with van der Waals surface area (Å²) in [4.78, 5) is 13.6. The van der Waals surface area contributed by atoms with Gasteiger partial charge in [0.05, 0.1) is 13.2 Å². The molecule has 0 aliphatic rings. The maximum atomic E-state index is 11.1. The lowest BCUT2D eigenvalue weighted by molar-refractivity contribution is -0.146. The average Bonchev–Trinajstić information content (AvgIpc) is 2.18. The topological polar surface area (TPSA) is 107 Å². The number of carbonyl (C=O) groups excluding carboxylic acids is 1. The zero-order chi connectivity index (χ0) is 10.8. The predicted molar refractivity (Wildman–Crippen MR) is 49.5 cm³/mol. The molecule has 0 aliphatic carbocycles. The van der Waals surface area contributed by atoms with Gasteiger partial charge in [0.15, 0.2) is 0 Å². The number of aliphatic hydroxyl groups excluding tert-OH is 1. The summed E-state index contributed by atoms with van der Waals surface area (Å²) in [7, 11) is 0. The highest BCUT2D eigenvalue weighted by Crippen LogP contribution is 1.88. The standard InChI is InChI=1S/C7H14N4O3/c1-2-14-7(13)6(5-12)9-3-4-10-11-8/h6,9,12H,2-5H2,1H3. The van der Waals surface area contributed by atoms with Gasteiger partial charge in [0.25, 0.3) is 0 Å². The molecule has 2 N–H and O–H groups in total. The largest absolute Gasteiger partial charge is 0.465 e. The number of esters is 1. The number of hydrogen-bond acceptors (Lipinski definition) is 5. The van der Waals surface area contributed by atoms with E-state index in [9.17, 15) is 4.79 Å². The highest BCUT2D eigenvalue weighted by molar-refractivity contribution is 5.75. The third-order valence-corrected chi connectivity index (χ3v) is 1.42. The minimum absolute atomic E-state index is 0.229. The molecule has 0 spiro atoms. The molecule has 0 saturated carbocycles. The predicted octanol–water partition coefficient (Wildman–Crippen LogP) is -0.190. The average molecular weight is 202 g/mol. The number of aliphatic hydroxyl groups is 1. The molecule has 0 radical (unpaired) electrons. The Hall–Kier alpha value is -1.30. The van der Waals surface area contributed by atoms with Crippen molar-refractivity contribution in [3.05, 3.63) is 10.4 Å². The van der Waals surface area contributed by atoms with Crippen LogP contribution in [0.2, 0.25) is 0 Å². The summed E-state index contributed by atoms with van der Waals surface area (Å²) in [6.07, 6.45) is 0. The third kappa shape index (κ3) is 5.36. The van der Waals surface area contributed by atoms with Gasteiger partial charge in [-0.1, -0.05) is 5.11 Å². The van der Waals surface area contributed by atoms with Crippen LogP contribution in [0.5, 0.6) is 0 Å². The number of carbonyl (C=O) groups is 1. The summed E-state index contributed by atoms with van der Waals surface area (Å²) in [6.45, 7) is 2.18. The van der Waals surface area contributed by atoms with Crippen molar-refractivity contribution in [1.82, 2.24) is 5.32 Å². The number of nitrogens with zero attached hydrogens (tertiary/aromatic N) is 3. The lowest BCUT2D eigenvalue weighted by atomic mass is 10.3. The molecule has 0 heterocycles. The normalized spacial score (nSPS) is 11.6. The third-order valence-electron chi connectivity index (χ3n) is 1.42. The number of rotatable bonds is 7. The van der Waals surface area contributed by atoms with E-state index in [1.807, 2.05) is 0 Å². The van der Waals surface area contributed by atoms with E-state index in [0.29, 0.717) is 6.54 Å². The van der Waals surface area contributed by atoms with E-state index in [4.69, 9.17) is 10.6 Å². The van der Waals surface area contributed by atoms with Crippen LogP contribution in [0.25, 0.3) is 10.4 Å². The molecule has 7 nitrogen and oxygen atoms in total. The Bertz CT molecular complexity index is 215. The summed E-state index contributed by atoms with van der Waals surface area (Å²) >= 11 is 0. The first kappa shape index (κ1) is 12.7. The molecule has 0 saturated heterocycles. The molecule has 7 heteroatoms. The number of nitrogens with one attached hydrogen (secondary N) is 1. The molecular weight excluding hydrogens is 188 g/mol. The van der Waals surface area contributed by atoms with Gasteiger partial charge in [0, 0.05) is 18.0 Å². The Balaban J connectivity index is 3.77. The smallest absolute Gasteiger partial charge is 0.325 e. The van der Waals surface area contributed by atoms with Crippen LogP contribution in [-0.2, 0) is 9.53 Å². The van der Waals surface area contributed by atoms with E-state index in [0.717, 1.165) is 0 Å². The molecule has 0 amide bonds. The molecule has 14 heavy (non-hydrogen) atoms. The van der Waals surface area contributed by atoms with Crippen LogP contribution in [0.4, 0.5) is 0 Å². The van der Waals surface area contributed by atoms with Crippen LogP contribution in [-0.4, -0.2) is 43.4 Å². The van der Waals surface area contributed by atoms with Crippen molar-refractivity contribution in [1.29, 1.82) is 0 Å². The van der Waals surface area contributed by atoms with Crippen LogP contribution < -0.4 is 5.32 Å². The van der Waals surface area contributed by atoms with Gasteiger partial charge in [-0.15, -0.1) is 0 Å². The minimum atomic E-state index is -0.746. The molecule has 0 aromatic rings. The van der Waals surface area contributed by atoms with Gasteiger partial charge in [0.1, 0.15) is 6.04 Å². The zero-order valence-corrected chi connectivity index (χ0v) is 8.01. The highest BCUT2D eigenvalue weighted by atomic mass is 16.5. The second-order valence-electron chi connectivity index (χ2n) is 2.40. The fourth-order valence-electron chi connectivity index (χ4n) is 0.799. The molecule has 0 rings (SSSR count). The van der Waals surface area contributed by atoms with E-state index < -0.39 is 12.0 Å². The second-order valence-corrected chi connectivity index (χ2v) is 2.40. The Morgan fingerprint density at radius 1 is 1.79 bits per heavy atom. The SMILES string of the molecule is CCOC(=O)C(CO)NCCN=[N+]=[N-]. The fourth-order valence-corrected chi connectivity index (χ4v) is 0.799. The van der Waals surface area contributed by atoms with E-state index >= 15 is 0 Å². The summed E-state index contributed by atoms with van der Waals surface area (Å²) in [5.74, 6) is -0.504. The van der Waals surface area contributed by atoms with Gasteiger partial charge in [0.2, 0.25) is 0 Å². The first-order chi connectivity index (χ1) is 6.76. The molecule has 1 atom stereocenters. The van der Waals surface area contributed by atoms with Crippen LogP contribution >= 0.6 is 0 Å². The van der Waals surface area contributed by atoms with E-state index in [2.05, 4.69) is 20.1 Å². The van der Waals surface area contributed by atoms with Crippen LogP contribution in [0, 0.1) is 0 Å². The molecule has 0 aliphatic heterocycles. The van der Waals surface area contributed by atoms with Crippen LogP contribution in [0.1, 0.15) is 6.92 Å². The summed E-state index contributed by atoms with van der Waals surface area (Å²) in [5, 5.41) is 14.8. The van der Waals surface area contributed by atoms with E-state index in [1.165, 1.54) is 0 Å². The molecule has 0 aromatic heterocycles. The minimum Gasteiger partial charge on any atom is -0.465 e. The molecule has 80 valence electrons. The monoisotopic (exact) mass is 202 g/mol. The second kappa shape index (κ2) is 8.31. The summed E-state index contributed by atoms with van der Waals surface area (Å²) < 4.78 is 4.69. The summed E-state index contributed by atoms with van der Waals surface area (Å²) in [6, 6.07) is -0.746. The molecule has 0 fully saturated rings. The first-order valence-corrected chi connectivity index (χ1v) is 4.28. The lowest BCUT2D eigenvalue weighted by Crippen LogP contribution is -2.42. The van der Waals surface area contributed by atoms with Crippen molar-refractivity contribution in [2.75, 3.05) is 26.3 Å². The Morgan fingerprint density at radius 3 is 3.00 bits per heavy atom. The van der Waals surface area contributed by atoms with Crippen molar-refractivity contribution in [2.24, 2.45) is 5.11 Å². The van der Waals surface area contributed by atoms with Crippen molar-refractivity contribution >= 4 is 5.97 Å². The van der Waals surface area contributed by atoms with Gasteiger partial charge in [-0.25, -0.2) is 0 Å². The van der Waals surface area contributed by atoms with Gasteiger partial charge in [-0.3, -0.25) is 4.79 Å². The van der Waals surface area contributed by atoms with Gasteiger partial charge >= 0.3 is 5.97 Å². The van der Waals surface area contributed by atoms with E-state index in [1.54, 1.807) is 6.92 Å². The van der Waals surface area contributed by atoms with Crippen molar-refractivity contribution < 1.29 is 14.6 Å². The first-order valence-electron chi connectivity index (χ1n) is 4.28. The van der Waals surface area contributed by atoms with Crippen LogP contribution in [0.3, 0.4) is 0 Å². The molecule has 0 aromatic carbocycles. The zero-order valence-electron chi connectivity index (χ0n) is 8.01. The lowest BCUT2D eigenvalue weighted by Gasteiger charge is -2.13. The highest BCUT2D eigenvalue weighted by Gasteiger charge is 2.16.